The van der Waals surface area contributed by atoms with Crippen molar-refractivity contribution in [2.24, 2.45) is 0 Å². The highest BCUT2D eigenvalue weighted by atomic mass is 32.1. The summed E-state index contributed by atoms with van der Waals surface area (Å²) in [6, 6.07) is 10.2. The minimum absolute atomic E-state index is 0.781. The Morgan fingerprint density at radius 3 is 2.76 bits per heavy atom. The number of benzene rings is 1. The third-order valence-corrected chi connectivity index (χ3v) is 3.17. The number of thiazole rings is 1. The molecule has 17 heavy (non-hydrogen) atoms. The lowest BCUT2D eigenvalue weighted by Crippen LogP contribution is -1.95. The van der Waals surface area contributed by atoms with Crippen LogP contribution < -0.4 is 0 Å². The van der Waals surface area contributed by atoms with E-state index in [1.54, 1.807) is 11.3 Å². The van der Waals surface area contributed by atoms with Gasteiger partial charge in [0.1, 0.15) is 0 Å². The van der Waals surface area contributed by atoms with Crippen molar-refractivity contribution in [2.75, 3.05) is 0 Å². The average molecular weight is 241 g/mol. The molecule has 0 radical (unpaired) electrons. The van der Waals surface area contributed by atoms with Crippen LogP contribution in [0.1, 0.15) is 5.69 Å². The lowest BCUT2D eigenvalue weighted by atomic mass is 10.2. The van der Waals surface area contributed by atoms with E-state index in [4.69, 9.17) is 0 Å². The third kappa shape index (κ3) is 2.26. The van der Waals surface area contributed by atoms with Crippen LogP contribution >= 0.6 is 11.3 Å². The van der Waals surface area contributed by atoms with E-state index in [0.717, 1.165) is 23.5 Å². The van der Waals surface area contributed by atoms with Gasteiger partial charge in [0.15, 0.2) is 0 Å². The molecule has 0 atom stereocenters. The highest BCUT2D eigenvalue weighted by Gasteiger charge is 2.02. The molecule has 0 aliphatic rings. The van der Waals surface area contributed by atoms with Gasteiger partial charge in [-0.25, -0.2) is 9.97 Å². The fourth-order valence-electron chi connectivity index (χ4n) is 1.71. The second kappa shape index (κ2) is 4.51. The van der Waals surface area contributed by atoms with Gasteiger partial charge >= 0.3 is 0 Å². The van der Waals surface area contributed by atoms with Crippen molar-refractivity contribution in [2.45, 2.75) is 6.54 Å². The van der Waals surface area contributed by atoms with Gasteiger partial charge in [-0.05, 0) is 0 Å². The maximum absolute atomic E-state index is 4.41. The highest BCUT2D eigenvalue weighted by Crippen LogP contribution is 2.16. The maximum atomic E-state index is 4.41. The van der Waals surface area contributed by atoms with Gasteiger partial charge in [0.2, 0.25) is 0 Å². The molecule has 0 bridgehead atoms. The topological polar surface area (TPSA) is 30.7 Å². The molecule has 3 nitrogen and oxygen atoms in total. The van der Waals surface area contributed by atoms with Crippen LogP contribution in [0.3, 0.4) is 0 Å². The molecule has 84 valence electrons. The van der Waals surface area contributed by atoms with E-state index in [9.17, 15) is 0 Å². The van der Waals surface area contributed by atoms with Crippen LogP contribution in [0.2, 0.25) is 0 Å². The number of rotatable bonds is 3. The van der Waals surface area contributed by atoms with Gasteiger partial charge in [-0.1, -0.05) is 30.3 Å². The first kappa shape index (κ1) is 10.2. The number of imidazole rings is 1. The van der Waals surface area contributed by atoms with Crippen LogP contribution in [0.25, 0.3) is 11.3 Å². The quantitative estimate of drug-likeness (QED) is 0.705. The first-order valence-corrected chi connectivity index (χ1v) is 6.30. The summed E-state index contributed by atoms with van der Waals surface area (Å²) in [6.45, 7) is 0.781. The average Bonchev–Trinajstić information content (AvgIpc) is 3.02. The molecule has 2 heterocycles. The smallest absolute Gasteiger partial charge is 0.0957 e. The Balaban J connectivity index is 1.84. The van der Waals surface area contributed by atoms with E-state index >= 15 is 0 Å². The third-order valence-electron chi connectivity index (χ3n) is 2.53. The molecule has 0 saturated carbocycles. The molecular weight excluding hydrogens is 230 g/mol. The summed E-state index contributed by atoms with van der Waals surface area (Å²) in [5.41, 5.74) is 5.07. The van der Waals surface area contributed by atoms with Gasteiger partial charge in [-0.3, -0.25) is 0 Å². The molecule has 3 rings (SSSR count). The summed E-state index contributed by atoms with van der Waals surface area (Å²) in [5, 5.41) is 2.06. The van der Waals surface area contributed by atoms with Gasteiger partial charge in [0, 0.05) is 17.1 Å². The molecule has 0 fully saturated rings. The largest absolute Gasteiger partial charge is 0.331 e. The molecule has 0 amide bonds. The fourth-order valence-corrected chi connectivity index (χ4v) is 2.26. The first-order valence-electron chi connectivity index (χ1n) is 5.36. The van der Waals surface area contributed by atoms with Gasteiger partial charge in [-0.15, -0.1) is 11.3 Å². The van der Waals surface area contributed by atoms with Crippen molar-refractivity contribution in [1.29, 1.82) is 0 Å². The minimum atomic E-state index is 0.781. The number of aromatic nitrogens is 3. The molecule has 4 heteroatoms. The van der Waals surface area contributed by atoms with E-state index < -0.39 is 0 Å². The summed E-state index contributed by atoms with van der Waals surface area (Å²) in [7, 11) is 0. The Labute approximate surface area is 103 Å². The van der Waals surface area contributed by atoms with Crippen molar-refractivity contribution in [3.63, 3.8) is 0 Å². The summed E-state index contributed by atoms with van der Waals surface area (Å²) in [5.74, 6) is 0. The van der Waals surface area contributed by atoms with Crippen LogP contribution in [0.5, 0.6) is 0 Å². The highest BCUT2D eigenvalue weighted by molar-refractivity contribution is 7.07. The van der Waals surface area contributed by atoms with E-state index in [2.05, 4.69) is 38.2 Å². The predicted molar refractivity (Wildman–Crippen MR) is 68.9 cm³/mol. The molecule has 0 aliphatic heterocycles. The molecule has 0 saturated heterocycles. The van der Waals surface area contributed by atoms with Crippen LogP contribution in [0, 0.1) is 0 Å². The Morgan fingerprint density at radius 1 is 1.12 bits per heavy atom. The van der Waals surface area contributed by atoms with E-state index in [1.807, 2.05) is 30.0 Å². The molecule has 1 aromatic carbocycles. The molecular formula is C13H11N3S. The van der Waals surface area contributed by atoms with E-state index in [0.29, 0.717) is 0 Å². The number of hydrogen-bond donors (Lipinski definition) is 0. The number of hydrogen-bond acceptors (Lipinski definition) is 3. The SMILES string of the molecule is c1ccc(-c2cn(Cc3cscn3)cn2)cc1. The first-order chi connectivity index (χ1) is 8.42. The molecule has 0 N–H and O–H groups in total. The zero-order chi connectivity index (χ0) is 11.5. The van der Waals surface area contributed by atoms with Crippen molar-refractivity contribution in [3.05, 3.63) is 59.4 Å². The van der Waals surface area contributed by atoms with E-state index in [-0.39, 0.29) is 0 Å². The van der Waals surface area contributed by atoms with Crippen molar-refractivity contribution in [1.82, 2.24) is 14.5 Å². The zero-order valence-corrected chi connectivity index (χ0v) is 9.97. The Hall–Kier alpha value is -1.94. The van der Waals surface area contributed by atoms with Gasteiger partial charge < -0.3 is 4.57 Å². The Bertz CT molecular complexity index is 584. The standard InChI is InChI=1S/C13H11N3S/c1-2-4-11(5-3-1)13-7-16(9-14-13)6-12-8-17-10-15-12/h1-5,7-10H,6H2. The van der Waals surface area contributed by atoms with Crippen LogP contribution in [0.15, 0.2) is 53.7 Å². The van der Waals surface area contributed by atoms with Crippen LogP contribution in [-0.2, 0) is 6.54 Å². The second-order valence-electron chi connectivity index (χ2n) is 3.78. The monoisotopic (exact) mass is 241 g/mol. The number of nitrogens with zero attached hydrogens (tertiary/aromatic N) is 3. The Kier molecular flexibility index (Phi) is 2.71. The second-order valence-corrected chi connectivity index (χ2v) is 4.50. The van der Waals surface area contributed by atoms with E-state index in [1.165, 1.54) is 0 Å². The summed E-state index contributed by atoms with van der Waals surface area (Å²) < 4.78 is 2.05. The normalized spacial score (nSPS) is 10.6. The van der Waals surface area contributed by atoms with Crippen molar-refractivity contribution in [3.8, 4) is 11.3 Å². The zero-order valence-electron chi connectivity index (χ0n) is 9.15. The minimum Gasteiger partial charge on any atom is -0.331 e. The Morgan fingerprint density at radius 2 is 2.00 bits per heavy atom. The van der Waals surface area contributed by atoms with Gasteiger partial charge in [0.25, 0.3) is 0 Å². The molecule has 0 aliphatic carbocycles. The van der Waals surface area contributed by atoms with Gasteiger partial charge in [0.05, 0.1) is 29.8 Å². The summed E-state index contributed by atoms with van der Waals surface area (Å²) in [6.07, 6.45) is 3.90. The van der Waals surface area contributed by atoms with Gasteiger partial charge in [-0.2, -0.15) is 0 Å². The fraction of sp³-hybridized carbons (Fsp3) is 0.0769. The lowest BCUT2D eigenvalue weighted by Gasteiger charge is -1.97. The van der Waals surface area contributed by atoms with Crippen LogP contribution in [0.4, 0.5) is 0 Å². The lowest BCUT2D eigenvalue weighted by molar-refractivity contribution is 0.779. The molecule has 3 aromatic rings. The van der Waals surface area contributed by atoms with Crippen LogP contribution in [-0.4, -0.2) is 14.5 Å². The van der Waals surface area contributed by atoms with Crippen molar-refractivity contribution >= 4 is 11.3 Å². The maximum Gasteiger partial charge on any atom is 0.0957 e. The molecule has 2 aromatic heterocycles. The summed E-state index contributed by atoms with van der Waals surface area (Å²) >= 11 is 1.62. The predicted octanol–water partition coefficient (Wildman–Crippen LogP) is 3.05. The molecule has 0 unspecified atom stereocenters. The molecule has 0 spiro atoms. The van der Waals surface area contributed by atoms with Crippen molar-refractivity contribution < 1.29 is 0 Å². The summed E-state index contributed by atoms with van der Waals surface area (Å²) in [4.78, 5) is 8.67.